The van der Waals surface area contributed by atoms with E-state index in [-0.39, 0.29) is 11.5 Å². The topological polar surface area (TPSA) is 83.7 Å². The maximum absolute atomic E-state index is 11.7. The number of rotatable bonds is 7. The highest BCUT2D eigenvalue weighted by atomic mass is 32.1. The summed E-state index contributed by atoms with van der Waals surface area (Å²) in [5, 5.41) is 17.3. The molecule has 0 aliphatic carbocycles. The SMILES string of the molecule is O=[N+]([O-])CC(c1ccc(N=C=S)cc1)c1c(-c2ccc(N=C=S)cc2)[nH]c2ccccc12. The van der Waals surface area contributed by atoms with Gasteiger partial charge in [-0.05, 0) is 71.5 Å². The fourth-order valence-electron chi connectivity index (χ4n) is 3.85. The van der Waals surface area contributed by atoms with Gasteiger partial charge < -0.3 is 4.98 Å². The molecule has 6 nitrogen and oxygen atoms in total. The Bertz CT molecular complexity index is 1380. The molecule has 8 heteroatoms. The highest BCUT2D eigenvalue weighted by Crippen LogP contribution is 2.39. The summed E-state index contributed by atoms with van der Waals surface area (Å²) in [6.45, 7) is -0.252. The highest BCUT2D eigenvalue weighted by molar-refractivity contribution is 7.78. The number of nitrogens with zero attached hydrogens (tertiary/aromatic N) is 3. The average Bonchev–Trinajstić information content (AvgIpc) is 3.18. The largest absolute Gasteiger partial charge is 0.354 e. The van der Waals surface area contributed by atoms with Gasteiger partial charge in [0.05, 0.1) is 33.3 Å². The standard InChI is InChI=1S/C24H16N4O2S2/c29-28(30)13-21(16-5-9-18(10-6-16)25-14-31)23-20-3-1-2-4-22(20)27-24(23)17-7-11-19(12-8-17)26-15-32/h1-12,21,27H,13H2. The molecule has 32 heavy (non-hydrogen) atoms. The van der Waals surface area contributed by atoms with Crippen molar-refractivity contribution in [2.45, 2.75) is 5.92 Å². The Labute approximate surface area is 194 Å². The second-order valence-electron chi connectivity index (χ2n) is 7.07. The molecular formula is C24H16N4O2S2. The van der Waals surface area contributed by atoms with Crippen molar-refractivity contribution in [3.05, 3.63) is 94.0 Å². The summed E-state index contributed by atoms with van der Waals surface area (Å²) in [6.07, 6.45) is 0. The first-order valence-corrected chi connectivity index (χ1v) is 10.5. The van der Waals surface area contributed by atoms with Crippen molar-refractivity contribution in [3.8, 4) is 11.3 Å². The van der Waals surface area contributed by atoms with Crippen LogP contribution in [0, 0.1) is 10.1 Å². The van der Waals surface area contributed by atoms with E-state index in [2.05, 4.69) is 49.7 Å². The minimum absolute atomic E-state index is 0.252. The number of thiocarbonyl (C=S) groups is 2. The lowest BCUT2D eigenvalue weighted by molar-refractivity contribution is -0.481. The summed E-state index contributed by atoms with van der Waals surface area (Å²) in [5.41, 5.74) is 5.67. The van der Waals surface area contributed by atoms with Gasteiger partial charge in [0.2, 0.25) is 6.54 Å². The number of nitro groups is 1. The second kappa shape index (κ2) is 9.56. The number of isothiocyanates is 2. The Hall–Kier alpha value is -3.80. The summed E-state index contributed by atoms with van der Waals surface area (Å²) in [5.74, 6) is -0.472. The Morgan fingerprint density at radius 3 is 2.09 bits per heavy atom. The Balaban J connectivity index is 1.92. The lowest BCUT2D eigenvalue weighted by Crippen LogP contribution is -2.14. The molecule has 0 aliphatic rings. The van der Waals surface area contributed by atoms with Crippen LogP contribution >= 0.6 is 24.4 Å². The molecule has 1 unspecified atom stereocenters. The number of hydrogen-bond donors (Lipinski definition) is 1. The molecule has 1 N–H and O–H groups in total. The number of benzene rings is 3. The van der Waals surface area contributed by atoms with E-state index in [1.807, 2.05) is 60.7 Å². The van der Waals surface area contributed by atoms with Crippen LogP contribution in [0.15, 0.2) is 82.8 Å². The monoisotopic (exact) mass is 456 g/mol. The molecule has 4 rings (SSSR count). The van der Waals surface area contributed by atoms with Crippen molar-refractivity contribution in [3.63, 3.8) is 0 Å². The number of nitrogens with one attached hydrogen (secondary N) is 1. The third-order valence-electron chi connectivity index (χ3n) is 5.23. The molecule has 0 saturated carbocycles. The number of aromatic nitrogens is 1. The Morgan fingerprint density at radius 2 is 1.50 bits per heavy atom. The summed E-state index contributed by atoms with van der Waals surface area (Å²) in [7, 11) is 0. The lowest BCUT2D eigenvalue weighted by atomic mass is 9.87. The molecule has 0 saturated heterocycles. The van der Waals surface area contributed by atoms with Gasteiger partial charge in [-0.2, -0.15) is 9.98 Å². The molecule has 0 spiro atoms. The molecular weight excluding hydrogens is 440 g/mol. The van der Waals surface area contributed by atoms with Crippen LogP contribution in [-0.2, 0) is 0 Å². The van der Waals surface area contributed by atoms with Crippen molar-refractivity contribution in [2.75, 3.05) is 6.54 Å². The minimum Gasteiger partial charge on any atom is -0.354 e. The van der Waals surface area contributed by atoms with Crippen molar-refractivity contribution in [1.29, 1.82) is 0 Å². The number of H-pyrrole nitrogens is 1. The van der Waals surface area contributed by atoms with Crippen LogP contribution in [-0.4, -0.2) is 26.8 Å². The van der Waals surface area contributed by atoms with Crippen LogP contribution in [0.1, 0.15) is 17.0 Å². The fraction of sp³-hybridized carbons (Fsp3) is 0.0833. The molecule has 1 aromatic heterocycles. The van der Waals surface area contributed by atoms with Crippen molar-refractivity contribution in [1.82, 2.24) is 4.98 Å². The number of para-hydroxylation sites is 1. The molecule has 1 atom stereocenters. The lowest BCUT2D eigenvalue weighted by Gasteiger charge is -2.16. The zero-order valence-electron chi connectivity index (χ0n) is 16.7. The first kappa shape index (κ1) is 21.4. The molecule has 3 aromatic carbocycles. The average molecular weight is 457 g/mol. The van der Waals surface area contributed by atoms with Gasteiger partial charge in [0.1, 0.15) is 0 Å². The van der Waals surface area contributed by atoms with Crippen LogP contribution in [0.25, 0.3) is 22.2 Å². The van der Waals surface area contributed by atoms with Gasteiger partial charge in [-0.15, -0.1) is 0 Å². The number of aromatic amines is 1. The third-order valence-corrected chi connectivity index (χ3v) is 5.41. The van der Waals surface area contributed by atoms with Crippen LogP contribution in [0.2, 0.25) is 0 Å². The van der Waals surface area contributed by atoms with Crippen LogP contribution < -0.4 is 0 Å². The van der Waals surface area contributed by atoms with Gasteiger partial charge in [-0.3, -0.25) is 10.1 Å². The highest BCUT2D eigenvalue weighted by Gasteiger charge is 2.27. The van der Waals surface area contributed by atoms with E-state index >= 15 is 0 Å². The van der Waals surface area contributed by atoms with E-state index in [1.165, 1.54) is 0 Å². The predicted octanol–water partition coefficient (Wildman–Crippen LogP) is 6.71. The van der Waals surface area contributed by atoms with Crippen molar-refractivity contribution >= 4 is 57.0 Å². The van der Waals surface area contributed by atoms with E-state index in [4.69, 9.17) is 0 Å². The summed E-state index contributed by atoms with van der Waals surface area (Å²) >= 11 is 9.34. The molecule has 0 aliphatic heterocycles. The molecule has 1 heterocycles. The second-order valence-corrected chi connectivity index (χ2v) is 7.44. The van der Waals surface area contributed by atoms with Crippen LogP contribution in [0.4, 0.5) is 11.4 Å². The summed E-state index contributed by atoms with van der Waals surface area (Å²) in [6, 6.07) is 22.6. The molecule has 4 aromatic rings. The molecule has 0 bridgehead atoms. The van der Waals surface area contributed by atoms with E-state index in [9.17, 15) is 10.1 Å². The van der Waals surface area contributed by atoms with E-state index in [0.717, 1.165) is 33.3 Å². The molecule has 0 radical (unpaired) electrons. The van der Waals surface area contributed by atoms with E-state index in [1.54, 1.807) is 12.1 Å². The van der Waals surface area contributed by atoms with E-state index < -0.39 is 5.92 Å². The normalized spacial score (nSPS) is 11.4. The Kier molecular flexibility index (Phi) is 6.40. The van der Waals surface area contributed by atoms with Gasteiger partial charge in [0.25, 0.3) is 0 Å². The maximum Gasteiger partial charge on any atom is 0.214 e. The quantitative estimate of drug-likeness (QED) is 0.145. The minimum atomic E-state index is -0.472. The van der Waals surface area contributed by atoms with Gasteiger partial charge in [-0.1, -0.05) is 42.5 Å². The zero-order valence-corrected chi connectivity index (χ0v) is 18.3. The fourth-order valence-corrected chi connectivity index (χ4v) is 4.07. The predicted molar refractivity (Wildman–Crippen MR) is 133 cm³/mol. The van der Waals surface area contributed by atoms with Crippen LogP contribution in [0.5, 0.6) is 0 Å². The van der Waals surface area contributed by atoms with Gasteiger partial charge >= 0.3 is 0 Å². The molecule has 0 fully saturated rings. The zero-order chi connectivity index (χ0) is 22.5. The summed E-state index contributed by atoms with van der Waals surface area (Å²) < 4.78 is 0. The van der Waals surface area contributed by atoms with Crippen molar-refractivity contribution in [2.24, 2.45) is 9.98 Å². The first-order valence-electron chi connectivity index (χ1n) is 9.69. The molecule has 0 amide bonds. The van der Waals surface area contributed by atoms with Gasteiger partial charge in [0, 0.05) is 15.8 Å². The number of hydrogen-bond acceptors (Lipinski definition) is 6. The van der Waals surface area contributed by atoms with Gasteiger partial charge in [0.15, 0.2) is 0 Å². The van der Waals surface area contributed by atoms with Gasteiger partial charge in [-0.25, -0.2) is 0 Å². The Morgan fingerprint density at radius 1 is 0.906 bits per heavy atom. The maximum atomic E-state index is 11.7. The number of aliphatic imine (C=N–C) groups is 2. The third kappa shape index (κ3) is 4.44. The van der Waals surface area contributed by atoms with Crippen molar-refractivity contribution < 1.29 is 4.92 Å². The van der Waals surface area contributed by atoms with E-state index in [0.29, 0.717) is 11.4 Å². The number of fused-ring (bicyclic) bond motifs is 1. The summed E-state index contributed by atoms with van der Waals surface area (Å²) in [4.78, 5) is 22.8. The van der Waals surface area contributed by atoms with Crippen LogP contribution in [0.3, 0.4) is 0 Å². The molecule has 156 valence electrons. The first-order chi connectivity index (χ1) is 15.6. The smallest absolute Gasteiger partial charge is 0.214 e.